The molecule has 3 aromatic heterocycles. The number of hydrogen-bond donors (Lipinski definition) is 1. The van der Waals surface area contributed by atoms with Crippen LogP contribution < -0.4 is 5.32 Å². The summed E-state index contributed by atoms with van der Waals surface area (Å²) in [6.45, 7) is 2.50. The highest BCUT2D eigenvalue weighted by molar-refractivity contribution is 5.66. The van der Waals surface area contributed by atoms with Crippen LogP contribution in [0.3, 0.4) is 0 Å². The van der Waals surface area contributed by atoms with E-state index in [0.717, 1.165) is 30.9 Å². The molecule has 0 saturated carbocycles. The molecular formula is C16H17N5. The molecule has 0 unspecified atom stereocenters. The van der Waals surface area contributed by atoms with Crippen LogP contribution in [0.15, 0.2) is 43.0 Å². The van der Waals surface area contributed by atoms with Crippen LogP contribution in [0.1, 0.15) is 16.8 Å². The lowest BCUT2D eigenvalue weighted by atomic mass is 10.1. The number of aryl methyl sites for hydroxylation is 1. The van der Waals surface area contributed by atoms with Crippen molar-refractivity contribution in [1.29, 1.82) is 0 Å². The van der Waals surface area contributed by atoms with Crippen LogP contribution in [-0.4, -0.2) is 19.3 Å². The molecule has 0 fully saturated rings. The lowest BCUT2D eigenvalue weighted by Gasteiger charge is -2.04. The fourth-order valence-corrected chi connectivity index (χ4v) is 2.89. The Kier molecular flexibility index (Phi) is 2.86. The van der Waals surface area contributed by atoms with Gasteiger partial charge in [-0.2, -0.15) is 5.10 Å². The number of nitrogens with one attached hydrogen (secondary N) is 1. The van der Waals surface area contributed by atoms with E-state index in [1.165, 1.54) is 16.8 Å². The van der Waals surface area contributed by atoms with Crippen molar-refractivity contribution in [2.45, 2.75) is 19.6 Å². The first-order valence-corrected chi connectivity index (χ1v) is 7.12. The summed E-state index contributed by atoms with van der Waals surface area (Å²) in [6, 6.07) is 6.19. The van der Waals surface area contributed by atoms with Gasteiger partial charge in [0.2, 0.25) is 0 Å². The van der Waals surface area contributed by atoms with E-state index >= 15 is 0 Å². The van der Waals surface area contributed by atoms with Crippen molar-refractivity contribution in [2.75, 3.05) is 0 Å². The van der Waals surface area contributed by atoms with Gasteiger partial charge in [0.05, 0.1) is 12.2 Å². The van der Waals surface area contributed by atoms with Crippen LogP contribution in [0.2, 0.25) is 0 Å². The Morgan fingerprint density at radius 1 is 1.29 bits per heavy atom. The summed E-state index contributed by atoms with van der Waals surface area (Å²) < 4.78 is 4.17. The fraction of sp³-hybridized carbons (Fsp3) is 0.250. The standard InChI is InChI=1S/C16H17N5/c1-20-6-4-14-15(20)9-18-8-13-11-21(19-16(13)14)10-12-3-2-5-17-7-12/h2-7,11,18H,8-10H2,1H3. The lowest BCUT2D eigenvalue weighted by Crippen LogP contribution is -2.13. The summed E-state index contributed by atoms with van der Waals surface area (Å²) in [5, 5.41) is 8.27. The molecule has 1 aliphatic rings. The molecule has 0 spiro atoms. The van der Waals surface area contributed by atoms with Crippen molar-refractivity contribution < 1.29 is 0 Å². The van der Waals surface area contributed by atoms with Crippen LogP contribution in [0.25, 0.3) is 11.3 Å². The molecule has 0 bridgehead atoms. The molecule has 5 nitrogen and oxygen atoms in total. The molecule has 0 amide bonds. The zero-order valence-corrected chi connectivity index (χ0v) is 12.0. The number of rotatable bonds is 2. The molecule has 1 aliphatic heterocycles. The quantitative estimate of drug-likeness (QED) is 0.780. The SMILES string of the molecule is Cn1ccc2c1CNCc1cn(Cc3cccnc3)nc1-2. The van der Waals surface area contributed by atoms with E-state index in [-0.39, 0.29) is 0 Å². The van der Waals surface area contributed by atoms with Gasteiger partial charge in [-0.3, -0.25) is 9.67 Å². The molecule has 0 saturated heterocycles. The summed E-state index contributed by atoms with van der Waals surface area (Å²) in [4.78, 5) is 4.16. The second-order valence-corrected chi connectivity index (χ2v) is 5.45. The van der Waals surface area contributed by atoms with Crippen molar-refractivity contribution in [3.05, 3.63) is 59.8 Å². The first-order chi connectivity index (χ1) is 10.3. The van der Waals surface area contributed by atoms with Crippen LogP contribution in [0, 0.1) is 0 Å². The largest absolute Gasteiger partial charge is 0.353 e. The maximum Gasteiger partial charge on any atom is 0.0986 e. The smallest absolute Gasteiger partial charge is 0.0986 e. The summed E-state index contributed by atoms with van der Waals surface area (Å²) in [7, 11) is 2.08. The molecule has 3 aromatic rings. The van der Waals surface area contributed by atoms with Gasteiger partial charge < -0.3 is 9.88 Å². The minimum atomic E-state index is 0.753. The maximum atomic E-state index is 4.80. The number of pyridine rings is 1. The normalized spacial score (nSPS) is 13.6. The highest BCUT2D eigenvalue weighted by atomic mass is 15.3. The second kappa shape index (κ2) is 4.86. The van der Waals surface area contributed by atoms with Gasteiger partial charge in [-0.1, -0.05) is 6.07 Å². The highest BCUT2D eigenvalue weighted by Gasteiger charge is 2.19. The third-order valence-corrected chi connectivity index (χ3v) is 3.97. The predicted molar refractivity (Wildman–Crippen MR) is 80.5 cm³/mol. The Bertz CT molecular complexity index is 769. The zero-order valence-electron chi connectivity index (χ0n) is 12.0. The third-order valence-electron chi connectivity index (χ3n) is 3.97. The Labute approximate surface area is 123 Å². The zero-order chi connectivity index (χ0) is 14.2. The molecule has 0 atom stereocenters. The van der Waals surface area contributed by atoms with Crippen LogP contribution in [-0.2, 0) is 26.7 Å². The number of hydrogen-bond acceptors (Lipinski definition) is 3. The molecular weight excluding hydrogens is 262 g/mol. The molecule has 106 valence electrons. The molecule has 1 N–H and O–H groups in total. The van der Waals surface area contributed by atoms with E-state index in [1.807, 2.05) is 16.9 Å². The molecule has 0 aromatic carbocycles. The van der Waals surface area contributed by atoms with E-state index in [0.29, 0.717) is 0 Å². The summed E-state index contributed by atoms with van der Waals surface area (Å²) in [6.07, 6.45) is 7.92. The maximum absolute atomic E-state index is 4.80. The van der Waals surface area contributed by atoms with Gasteiger partial charge in [-0.05, 0) is 17.7 Å². The van der Waals surface area contributed by atoms with Crippen molar-refractivity contribution in [3.8, 4) is 11.3 Å². The first-order valence-electron chi connectivity index (χ1n) is 7.12. The number of aromatic nitrogens is 4. The predicted octanol–water partition coefficient (Wildman–Crippen LogP) is 1.94. The van der Waals surface area contributed by atoms with Gasteiger partial charge in [-0.15, -0.1) is 0 Å². The summed E-state index contributed by atoms with van der Waals surface area (Å²) in [5.74, 6) is 0. The van der Waals surface area contributed by atoms with Crippen molar-refractivity contribution in [1.82, 2.24) is 24.6 Å². The van der Waals surface area contributed by atoms with Gasteiger partial charge in [-0.25, -0.2) is 0 Å². The minimum Gasteiger partial charge on any atom is -0.353 e. The first kappa shape index (κ1) is 12.3. The Balaban J connectivity index is 1.73. The second-order valence-electron chi connectivity index (χ2n) is 5.45. The van der Waals surface area contributed by atoms with Crippen LogP contribution >= 0.6 is 0 Å². The van der Waals surface area contributed by atoms with Gasteiger partial charge in [0, 0.05) is 61.7 Å². The molecule has 4 heterocycles. The monoisotopic (exact) mass is 279 g/mol. The van der Waals surface area contributed by atoms with E-state index in [2.05, 4.69) is 46.4 Å². The number of fused-ring (bicyclic) bond motifs is 3. The van der Waals surface area contributed by atoms with Crippen LogP contribution in [0.5, 0.6) is 0 Å². The minimum absolute atomic E-state index is 0.753. The van der Waals surface area contributed by atoms with Gasteiger partial charge >= 0.3 is 0 Å². The summed E-state index contributed by atoms with van der Waals surface area (Å²) >= 11 is 0. The Hall–Kier alpha value is -2.40. The van der Waals surface area contributed by atoms with Crippen LogP contribution in [0.4, 0.5) is 0 Å². The summed E-state index contributed by atoms with van der Waals surface area (Å²) in [5.41, 5.74) is 6.04. The average molecular weight is 279 g/mol. The van der Waals surface area contributed by atoms with E-state index in [9.17, 15) is 0 Å². The van der Waals surface area contributed by atoms with Gasteiger partial charge in [0.25, 0.3) is 0 Å². The van der Waals surface area contributed by atoms with Crippen molar-refractivity contribution in [3.63, 3.8) is 0 Å². The number of nitrogens with zero attached hydrogens (tertiary/aromatic N) is 4. The Morgan fingerprint density at radius 2 is 2.24 bits per heavy atom. The Morgan fingerprint density at radius 3 is 3.10 bits per heavy atom. The molecule has 0 aliphatic carbocycles. The molecule has 0 radical (unpaired) electrons. The van der Waals surface area contributed by atoms with Crippen molar-refractivity contribution in [2.24, 2.45) is 7.05 Å². The van der Waals surface area contributed by atoms with E-state index < -0.39 is 0 Å². The third kappa shape index (κ3) is 2.15. The lowest BCUT2D eigenvalue weighted by molar-refractivity contribution is 0.654. The molecule has 4 rings (SSSR count). The van der Waals surface area contributed by atoms with E-state index in [1.54, 1.807) is 6.20 Å². The van der Waals surface area contributed by atoms with E-state index in [4.69, 9.17) is 5.10 Å². The fourth-order valence-electron chi connectivity index (χ4n) is 2.89. The van der Waals surface area contributed by atoms with Crippen molar-refractivity contribution >= 4 is 0 Å². The molecule has 5 heteroatoms. The van der Waals surface area contributed by atoms with Gasteiger partial charge in [0.15, 0.2) is 0 Å². The average Bonchev–Trinajstić information content (AvgIpc) is 3.00. The molecule has 21 heavy (non-hydrogen) atoms. The topological polar surface area (TPSA) is 47.7 Å². The highest BCUT2D eigenvalue weighted by Crippen LogP contribution is 2.29. The van der Waals surface area contributed by atoms with Gasteiger partial charge in [0.1, 0.15) is 0 Å².